The lowest BCUT2D eigenvalue weighted by molar-refractivity contribution is -0.125. The van der Waals surface area contributed by atoms with Gasteiger partial charge >= 0.3 is 0 Å². The van der Waals surface area contributed by atoms with Crippen LogP contribution in [0.4, 0.5) is 0 Å². The quantitative estimate of drug-likeness (QED) is 0.243. The van der Waals surface area contributed by atoms with Crippen molar-refractivity contribution in [1.29, 1.82) is 0 Å². The van der Waals surface area contributed by atoms with Crippen LogP contribution in [0.25, 0.3) is 0 Å². The average molecular weight is 477 g/mol. The molecular formula is C18H32IN5O2. The summed E-state index contributed by atoms with van der Waals surface area (Å²) in [6.07, 6.45) is 5.66. The minimum atomic E-state index is 0. The summed E-state index contributed by atoms with van der Waals surface area (Å²) < 4.78 is 5.29. The Morgan fingerprint density at radius 2 is 1.92 bits per heavy atom. The maximum absolute atomic E-state index is 12.1. The zero-order valence-corrected chi connectivity index (χ0v) is 18.3. The molecule has 0 unspecified atom stereocenters. The number of hydrogen-bond donors (Lipinski definition) is 3. The minimum absolute atomic E-state index is 0. The van der Waals surface area contributed by atoms with Gasteiger partial charge in [-0.1, -0.05) is 38.3 Å². The second-order valence-corrected chi connectivity index (χ2v) is 6.85. The number of nitrogens with one attached hydrogen (secondary N) is 3. The molecule has 1 heterocycles. The van der Waals surface area contributed by atoms with E-state index in [1.165, 1.54) is 19.3 Å². The van der Waals surface area contributed by atoms with Crippen LogP contribution in [-0.4, -0.2) is 37.2 Å². The number of aromatic nitrogens is 1. The van der Waals surface area contributed by atoms with Gasteiger partial charge in [-0.3, -0.25) is 9.79 Å². The van der Waals surface area contributed by atoms with E-state index in [4.69, 9.17) is 4.52 Å². The number of carbonyl (C=O) groups is 1. The first-order valence-electron chi connectivity index (χ1n) is 9.28. The zero-order valence-electron chi connectivity index (χ0n) is 16.0. The third-order valence-corrected chi connectivity index (χ3v) is 4.52. The summed E-state index contributed by atoms with van der Waals surface area (Å²) >= 11 is 0. The zero-order chi connectivity index (χ0) is 18.1. The van der Waals surface area contributed by atoms with E-state index in [0.717, 1.165) is 24.3 Å². The Hall–Kier alpha value is -1.32. The second-order valence-electron chi connectivity index (χ2n) is 6.85. The molecule has 148 valence electrons. The van der Waals surface area contributed by atoms with E-state index in [-0.39, 0.29) is 35.8 Å². The van der Waals surface area contributed by atoms with Gasteiger partial charge in [-0.25, -0.2) is 0 Å². The molecule has 1 amide bonds. The molecule has 8 heteroatoms. The van der Waals surface area contributed by atoms with Gasteiger partial charge in [-0.2, -0.15) is 0 Å². The number of halogens is 1. The predicted octanol–water partition coefficient (Wildman–Crippen LogP) is 2.78. The normalized spacial score (nSPS) is 15.5. The van der Waals surface area contributed by atoms with Crippen LogP contribution in [-0.2, 0) is 11.3 Å². The van der Waals surface area contributed by atoms with Crippen molar-refractivity contribution in [3.8, 4) is 0 Å². The fourth-order valence-corrected chi connectivity index (χ4v) is 2.95. The lowest BCUT2D eigenvalue weighted by Crippen LogP contribution is -2.42. The fraction of sp³-hybridized carbons (Fsp3) is 0.722. The van der Waals surface area contributed by atoms with Gasteiger partial charge in [0, 0.05) is 32.1 Å². The van der Waals surface area contributed by atoms with E-state index in [0.29, 0.717) is 31.5 Å². The Bertz CT molecular complexity index is 568. The Morgan fingerprint density at radius 3 is 2.54 bits per heavy atom. The molecule has 2 rings (SSSR count). The molecule has 1 fully saturated rings. The Balaban J connectivity index is 0.00000338. The molecule has 0 saturated heterocycles. The van der Waals surface area contributed by atoms with E-state index < -0.39 is 0 Å². The van der Waals surface area contributed by atoms with Crippen molar-refractivity contribution in [3.05, 3.63) is 17.5 Å². The van der Waals surface area contributed by atoms with E-state index in [2.05, 4.69) is 39.9 Å². The molecule has 0 aromatic carbocycles. The minimum Gasteiger partial charge on any atom is -0.359 e. The highest BCUT2D eigenvalue weighted by molar-refractivity contribution is 14.0. The molecule has 1 aromatic rings. The van der Waals surface area contributed by atoms with Crippen LogP contribution in [0.2, 0.25) is 0 Å². The van der Waals surface area contributed by atoms with E-state index in [1.54, 1.807) is 7.05 Å². The van der Waals surface area contributed by atoms with Crippen molar-refractivity contribution in [2.24, 2.45) is 10.9 Å². The highest BCUT2D eigenvalue weighted by Crippen LogP contribution is 2.23. The summed E-state index contributed by atoms with van der Waals surface area (Å²) in [6.45, 7) is 5.91. The highest BCUT2D eigenvalue weighted by atomic mass is 127. The summed E-state index contributed by atoms with van der Waals surface area (Å²) in [6, 6.07) is 1.95. The number of carbonyl (C=O) groups excluding carboxylic acids is 1. The van der Waals surface area contributed by atoms with Crippen molar-refractivity contribution < 1.29 is 9.32 Å². The van der Waals surface area contributed by atoms with Gasteiger partial charge in [0.1, 0.15) is 0 Å². The van der Waals surface area contributed by atoms with Crippen LogP contribution in [0, 0.1) is 5.92 Å². The lowest BCUT2D eigenvalue weighted by atomic mass is 9.89. The molecule has 1 aliphatic carbocycles. The number of aliphatic imine (C=N–C) groups is 1. The molecule has 1 saturated carbocycles. The first kappa shape index (κ1) is 22.7. The van der Waals surface area contributed by atoms with Gasteiger partial charge in [-0.15, -0.1) is 24.0 Å². The molecule has 26 heavy (non-hydrogen) atoms. The van der Waals surface area contributed by atoms with Gasteiger partial charge < -0.3 is 20.5 Å². The molecular weight excluding hydrogens is 445 g/mol. The maximum atomic E-state index is 12.1. The Kier molecular flexibility index (Phi) is 10.6. The third kappa shape index (κ3) is 7.51. The second kappa shape index (κ2) is 12.1. The van der Waals surface area contributed by atoms with Gasteiger partial charge in [0.25, 0.3) is 0 Å². The van der Waals surface area contributed by atoms with Crippen LogP contribution in [0.5, 0.6) is 0 Å². The molecule has 1 aromatic heterocycles. The monoisotopic (exact) mass is 477 g/mol. The number of guanidine groups is 1. The summed E-state index contributed by atoms with van der Waals surface area (Å²) in [5.74, 6) is 2.19. The maximum Gasteiger partial charge on any atom is 0.223 e. The highest BCUT2D eigenvalue weighted by Gasteiger charge is 2.20. The lowest BCUT2D eigenvalue weighted by Gasteiger charge is -2.20. The van der Waals surface area contributed by atoms with Crippen LogP contribution < -0.4 is 16.0 Å². The van der Waals surface area contributed by atoms with E-state index in [9.17, 15) is 4.79 Å². The SMILES string of the molecule is CN=C(NCCNC(=O)C1CCCCC1)NCc1cc(C(C)C)no1.I. The molecule has 7 nitrogen and oxygen atoms in total. The number of rotatable bonds is 7. The largest absolute Gasteiger partial charge is 0.359 e. The molecule has 0 atom stereocenters. The standard InChI is InChI=1S/C18H31N5O2.HI/c1-13(2)16-11-15(25-23-16)12-22-18(19-3)21-10-9-20-17(24)14-7-5-4-6-8-14;/h11,13-14H,4-10,12H2,1-3H3,(H,20,24)(H2,19,21,22);1H. The van der Waals surface area contributed by atoms with Crippen molar-refractivity contribution >= 4 is 35.8 Å². The number of amides is 1. The fourth-order valence-electron chi connectivity index (χ4n) is 2.95. The van der Waals surface area contributed by atoms with Crippen molar-refractivity contribution in [2.45, 2.75) is 58.4 Å². The van der Waals surface area contributed by atoms with Crippen molar-refractivity contribution in [3.63, 3.8) is 0 Å². The topological polar surface area (TPSA) is 91.5 Å². The van der Waals surface area contributed by atoms with E-state index >= 15 is 0 Å². The van der Waals surface area contributed by atoms with E-state index in [1.807, 2.05) is 6.07 Å². The first-order chi connectivity index (χ1) is 12.1. The van der Waals surface area contributed by atoms with Crippen LogP contribution >= 0.6 is 24.0 Å². The molecule has 0 bridgehead atoms. The van der Waals surface area contributed by atoms with Gasteiger partial charge in [0.2, 0.25) is 5.91 Å². The summed E-state index contributed by atoms with van der Waals surface area (Å²) in [7, 11) is 1.72. The van der Waals surface area contributed by atoms with Crippen molar-refractivity contribution in [2.75, 3.05) is 20.1 Å². The van der Waals surface area contributed by atoms with Crippen LogP contribution in [0.1, 0.15) is 63.3 Å². The molecule has 1 aliphatic rings. The van der Waals surface area contributed by atoms with Gasteiger partial charge in [-0.05, 0) is 18.8 Å². The van der Waals surface area contributed by atoms with Crippen LogP contribution in [0.3, 0.4) is 0 Å². The average Bonchev–Trinajstić information content (AvgIpc) is 3.11. The molecule has 0 aliphatic heterocycles. The molecule has 3 N–H and O–H groups in total. The van der Waals surface area contributed by atoms with Crippen LogP contribution in [0.15, 0.2) is 15.6 Å². The van der Waals surface area contributed by atoms with Gasteiger partial charge in [0.15, 0.2) is 11.7 Å². The molecule has 0 spiro atoms. The summed E-state index contributed by atoms with van der Waals surface area (Å²) in [5.41, 5.74) is 0.949. The molecule has 0 radical (unpaired) electrons. The van der Waals surface area contributed by atoms with Crippen molar-refractivity contribution in [1.82, 2.24) is 21.1 Å². The first-order valence-corrected chi connectivity index (χ1v) is 9.28. The van der Waals surface area contributed by atoms with Gasteiger partial charge in [0.05, 0.1) is 12.2 Å². The smallest absolute Gasteiger partial charge is 0.223 e. The number of nitrogens with zero attached hydrogens (tertiary/aromatic N) is 2. The Labute approximate surface area is 173 Å². The summed E-state index contributed by atoms with van der Waals surface area (Å²) in [4.78, 5) is 16.2. The number of hydrogen-bond acceptors (Lipinski definition) is 4. The predicted molar refractivity (Wildman–Crippen MR) is 114 cm³/mol. The third-order valence-electron chi connectivity index (χ3n) is 4.52. The Morgan fingerprint density at radius 1 is 1.23 bits per heavy atom. The summed E-state index contributed by atoms with van der Waals surface area (Å²) in [5, 5.41) is 13.4.